The summed E-state index contributed by atoms with van der Waals surface area (Å²) in [5.74, 6) is 0.378. The van der Waals surface area contributed by atoms with Gasteiger partial charge in [-0.3, -0.25) is 4.79 Å². The number of nitrogens with two attached hydrogens (primary N) is 1. The van der Waals surface area contributed by atoms with E-state index in [1.807, 2.05) is 37.4 Å². The van der Waals surface area contributed by atoms with Crippen LogP contribution in [0.1, 0.15) is 20.3 Å². The average Bonchev–Trinajstić information content (AvgIpc) is 2.38. The van der Waals surface area contributed by atoms with Crippen LogP contribution in [0.2, 0.25) is 0 Å². The fourth-order valence-electron chi connectivity index (χ4n) is 1.90. The molecule has 1 aromatic carbocycles. The molecule has 0 bridgehead atoms. The van der Waals surface area contributed by atoms with Crippen molar-refractivity contribution in [2.75, 3.05) is 25.0 Å². The molecule has 4 heteroatoms. The van der Waals surface area contributed by atoms with Gasteiger partial charge in [-0.25, -0.2) is 0 Å². The van der Waals surface area contributed by atoms with E-state index in [0.717, 1.165) is 18.7 Å². The van der Waals surface area contributed by atoms with Crippen molar-refractivity contribution in [1.29, 1.82) is 0 Å². The highest BCUT2D eigenvalue weighted by molar-refractivity contribution is 5.81. The number of rotatable bonds is 7. The van der Waals surface area contributed by atoms with Crippen molar-refractivity contribution in [3.8, 4) is 0 Å². The lowest BCUT2D eigenvalue weighted by Gasteiger charge is -2.20. The van der Waals surface area contributed by atoms with Gasteiger partial charge in [-0.05, 0) is 24.5 Å². The van der Waals surface area contributed by atoms with Gasteiger partial charge in [-0.15, -0.1) is 0 Å². The summed E-state index contributed by atoms with van der Waals surface area (Å²) in [4.78, 5) is 13.8. The van der Waals surface area contributed by atoms with E-state index in [9.17, 15) is 4.79 Å². The Morgan fingerprint density at radius 2 is 1.95 bits per heavy atom. The van der Waals surface area contributed by atoms with Crippen LogP contribution in [0.5, 0.6) is 0 Å². The molecule has 4 nitrogen and oxygen atoms in total. The van der Waals surface area contributed by atoms with Crippen molar-refractivity contribution >= 4 is 11.6 Å². The Hall–Kier alpha value is -1.55. The first-order chi connectivity index (χ1) is 9.00. The normalized spacial score (nSPS) is 12.3. The van der Waals surface area contributed by atoms with Gasteiger partial charge in [0.25, 0.3) is 0 Å². The second-order valence-electron chi connectivity index (χ2n) is 5.28. The van der Waals surface area contributed by atoms with E-state index in [1.165, 1.54) is 0 Å². The average molecular weight is 263 g/mol. The van der Waals surface area contributed by atoms with Crippen molar-refractivity contribution in [2.24, 2.45) is 11.7 Å². The van der Waals surface area contributed by atoms with Crippen LogP contribution in [0.4, 0.5) is 5.69 Å². The number of benzene rings is 1. The van der Waals surface area contributed by atoms with E-state index in [4.69, 9.17) is 5.73 Å². The molecule has 0 fully saturated rings. The fourth-order valence-corrected chi connectivity index (χ4v) is 1.90. The number of carbonyl (C=O) groups excluding carboxylic acids is 1. The third-order valence-corrected chi connectivity index (χ3v) is 3.01. The molecule has 1 amide bonds. The Morgan fingerprint density at radius 3 is 2.53 bits per heavy atom. The molecule has 1 rings (SSSR count). The number of carbonyl (C=O) groups is 1. The fraction of sp³-hybridized carbons (Fsp3) is 0.533. The Morgan fingerprint density at radius 1 is 1.32 bits per heavy atom. The minimum Gasteiger partial charge on any atom is -0.373 e. The summed E-state index contributed by atoms with van der Waals surface area (Å²) in [6, 6.07) is 9.69. The number of nitrogens with one attached hydrogen (secondary N) is 1. The number of hydrogen-bond donors (Lipinski definition) is 2. The van der Waals surface area contributed by atoms with E-state index < -0.39 is 6.04 Å². The van der Waals surface area contributed by atoms with Crippen LogP contribution >= 0.6 is 0 Å². The third-order valence-electron chi connectivity index (χ3n) is 3.01. The first-order valence-electron chi connectivity index (χ1n) is 6.80. The highest BCUT2D eigenvalue weighted by Crippen LogP contribution is 2.09. The van der Waals surface area contributed by atoms with E-state index in [2.05, 4.69) is 24.1 Å². The maximum absolute atomic E-state index is 11.7. The quantitative estimate of drug-likeness (QED) is 0.786. The minimum atomic E-state index is -0.401. The summed E-state index contributed by atoms with van der Waals surface area (Å²) in [5.41, 5.74) is 6.96. The lowest BCUT2D eigenvalue weighted by molar-refractivity contribution is -0.122. The van der Waals surface area contributed by atoms with Crippen LogP contribution in [0.3, 0.4) is 0 Å². The zero-order chi connectivity index (χ0) is 14.3. The first kappa shape index (κ1) is 15.5. The second-order valence-corrected chi connectivity index (χ2v) is 5.28. The van der Waals surface area contributed by atoms with E-state index in [1.54, 1.807) is 0 Å². The number of hydrogen-bond acceptors (Lipinski definition) is 3. The Balaban J connectivity index is 2.28. The predicted molar refractivity (Wildman–Crippen MR) is 80.2 cm³/mol. The Labute approximate surface area is 116 Å². The molecule has 0 aliphatic heterocycles. The third kappa shape index (κ3) is 5.75. The van der Waals surface area contributed by atoms with Gasteiger partial charge in [0.2, 0.25) is 5.91 Å². The molecule has 0 aliphatic rings. The van der Waals surface area contributed by atoms with Gasteiger partial charge < -0.3 is 16.0 Å². The highest BCUT2D eigenvalue weighted by atomic mass is 16.2. The van der Waals surface area contributed by atoms with Crippen molar-refractivity contribution in [3.05, 3.63) is 30.3 Å². The first-order valence-corrected chi connectivity index (χ1v) is 6.80. The summed E-state index contributed by atoms with van der Waals surface area (Å²) in [6.45, 7) is 5.51. The molecule has 0 saturated heterocycles. The van der Waals surface area contributed by atoms with Crippen LogP contribution in [-0.4, -0.2) is 32.1 Å². The summed E-state index contributed by atoms with van der Waals surface area (Å²) >= 11 is 0. The van der Waals surface area contributed by atoms with Crippen molar-refractivity contribution in [2.45, 2.75) is 26.3 Å². The Kier molecular flexibility index (Phi) is 6.36. The van der Waals surface area contributed by atoms with Crippen LogP contribution in [0, 0.1) is 5.92 Å². The molecular weight excluding hydrogens is 238 g/mol. The molecule has 0 spiro atoms. The summed E-state index contributed by atoms with van der Waals surface area (Å²) in [6.07, 6.45) is 0.723. The zero-order valence-corrected chi connectivity index (χ0v) is 12.1. The molecule has 0 saturated carbocycles. The van der Waals surface area contributed by atoms with Crippen LogP contribution in [-0.2, 0) is 4.79 Å². The van der Waals surface area contributed by atoms with E-state index in [0.29, 0.717) is 12.5 Å². The van der Waals surface area contributed by atoms with Gasteiger partial charge >= 0.3 is 0 Å². The van der Waals surface area contributed by atoms with Gasteiger partial charge in [0, 0.05) is 25.8 Å². The summed E-state index contributed by atoms with van der Waals surface area (Å²) < 4.78 is 0. The minimum absolute atomic E-state index is 0.0600. The lowest BCUT2D eigenvalue weighted by atomic mass is 10.0. The van der Waals surface area contributed by atoms with Gasteiger partial charge in [0.1, 0.15) is 0 Å². The topological polar surface area (TPSA) is 58.4 Å². The lowest BCUT2D eigenvalue weighted by Crippen LogP contribution is -2.43. The summed E-state index contributed by atoms with van der Waals surface area (Å²) in [7, 11) is 2.01. The molecule has 1 atom stereocenters. The number of nitrogens with zero attached hydrogens (tertiary/aromatic N) is 1. The molecule has 19 heavy (non-hydrogen) atoms. The van der Waals surface area contributed by atoms with Gasteiger partial charge in [-0.2, -0.15) is 0 Å². The van der Waals surface area contributed by atoms with E-state index in [-0.39, 0.29) is 5.91 Å². The molecule has 3 N–H and O–H groups in total. The van der Waals surface area contributed by atoms with E-state index >= 15 is 0 Å². The SMILES string of the molecule is CC(C)C[C@H](N)C(=O)NCCN(C)c1ccccc1. The van der Waals surface area contributed by atoms with Gasteiger partial charge in [0.05, 0.1) is 6.04 Å². The second kappa shape index (κ2) is 7.79. The van der Waals surface area contributed by atoms with Crippen LogP contribution in [0.25, 0.3) is 0 Å². The Bertz CT molecular complexity index is 378. The zero-order valence-electron chi connectivity index (χ0n) is 12.1. The van der Waals surface area contributed by atoms with Crippen molar-refractivity contribution in [3.63, 3.8) is 0 Å². The van der Waals surface area contributed by atoms with Crippen molar-refractivity contribution < 1.29 is 4.79 Å². The number of likely N-dealkylation sites (N-methyl/N-ethyl adjacent to an activating group) is 1. The van der Waals surface area contributed by atoms with Crippen molar-refractivity contribution in [1.82, 2.24) is 5.32 Å². The molecular formula is C15H25N3O. The maximum Gasteiger partial charge on any atom is 0.236 e. The molecule has 106 valence electrons. The largest absolute Gasteiger partial charge is 0.373 e. The molecule has 0 aromatic heterocycles. The van der Waals surface area contributed by atoms with Gasteiger partial charge in [-0.1, -0.05) is 32.0 Å². The standard InChI is InChI=1S/C15H25N3O/c1-12(2)11-14(16)15(19)17-9-10-18(3)13-7-5-4-6-8-13/h4-8,12,14H,9-11,16H2,1-3H3,(H,17,19)/t14-/m0/s1. The number of para-hydroxylation sites is 1. The summed E-state index contributed by atoms with van der Waals surface area (Å²) in [5, 5.41) is 2.88. The molecule has 0 aliphatic carbocycles. The maximum atomic E-state index is 11.7. The van der Waals surface area contributed by atoms with Crippen LogP contribution in [0.15, 0.2) is 30.3 Å². The molecule has 0 unspecified atom stereocenters. The monoisotopic (exact) mass is 263 g/mol. The molecule has 0 heterocycles. The smallest absolute Gasteiger partial charge is 0.236 e. The van der Waals surface area contributed by atoms with Gasteiger partial charge in [0.15, 0.2) is 0 Å². The number of amides is 1. The molecule has 1 aromatic rings. The number of anilines is 1. The predicted octanol–water partition coefficient (Wildman–Crippen LogP) is 1.61. The molecule has 0 radical (unpaired) electrons. The van der Waals surface area contributed by atoms with Crippen LogP contribution < -0.4 is 16.0 Å². The highest BCUT2D eigenvalue weighted by Gasteiger charge is 2.14.